The molecule has 0 bridgehead atoms. The first-order valence-corrected chi connectivity index (χ1v) is 9.99. The smallest absolute Gasteiger partial charge is 0.227 e. The highest BCUT2D eigenvalue weighted by atomic mass is 16.5. The third-order valence-electron chi connectivity index (χ3n) is 5.15. The Bertz CT molecular complexity index is 939. The Balaban J connectivity index is 1.42. The van der Waals surface area contributed by atoms with Gasteiger partial charge in [0.15, 0.2) is 0 Å². The van der Waals surface area contributed by atoms with Gasteiger partial charge in [0.2, 0.25) is 5.95 Å². The molecule has 0 amide bonds. The van der Waals surface area contributed by atoms with Crippen LogP contribution in [0.25, 0.3) is 0 Å². The van der Waals surface area contributed by atoms with Crippen LogP contribution in [0.5, 0.6) is 5.75 Å². The molecule has 1 fully saturated rings. The topological polar surface area (TPSA) is 53.5 Å². The van der Waals surface area contributed by atoms with Crippen molar-refractivity contribution in [2.75, 3.05) is 48.4 Å². The number of piperazine rings is 1. The van der Waals surface area contributed by atoms with Crippen LogP contribution >= 0.6 is 0 Å². The summed E-state index contributed by atoms with van der Waals surface area (Å²) in [6.07, 6.45) is 0. The van der Waals surface area contributed by atoms with E-state index in [1.807, 2.05) is 31.2 Å². The van der Waals surface area contributed by atoms with Crippen molar-refractivity contribution < 1.29 is 4.74 Å². The Morgan fingerprint density at radius 1 is 0.897 bits per heavy atom. The molecule has 2 heterocycles. The van der Waals surface area contributed by atoms with E-state index in [0.29, 0.717) is 0 Å². The van der Waals surface area contributed by atoms with Crippen molar-refractivity contribution in [1.29, 1.82) is 0 Å². The molecule has 2 aromatic carbocycles. The number of methoxy groups -OCH3 is 1. The average Bonchev–Trinajstić information content (AvgIpc) is 2.78. The van der Waals surface area contributed by atoms with Crippen molar-refractivity contribution >= 4 is 17.5 Å². The predicted molar refractivity (Wildman–Crippen MR) is 118 cm³/mol. The molecule has 1 aromatic heterocycles. The molecule has 150 valence electrons. The van der Waals surface area contributed by atoms with Crippen LogP contribution in [0.3, 0.4) is 0 Å². The van der Waals surface area contributed by atoms with Crippen LogP contribution in [-0.4, -0.2) is 43.3 Å². The Morgan fingerprint density at radius 3 is 2.34 bits per heavy atom. The minimum absolute atomic E-state index is 0.748. The van der Waals surface area contributed by atoms with E-state index in [2.05, 4.69) is 56.5 Å². The number of hydrogen-bond acceptors (Lipinski definition) is 6. The lowest BCUT2D eigenvalue weighted by molar-refractivity contribution is 0.413. The summed E-state index contributed by atoms with van der Waals surface area (Å²) in [4.78, 5) is 14.1. The molecule has 0 saturated carbocycles. The molecule has 29 heavy (non-hydrogen) atoms. The van der Waals surface area contributed by atoms with Gasteiger partial charge in [0.25, 0.3) is 0 Å². The molecule has 6 heteroatoms. The first-order chi connectivity index (χ1) is 14.2. The van der Waals surface area contributed by atoms with E-state index in [9.17, 15) is 0 Å². The second-order valence-electron chi connectivity index (χ2n) is 7.18. The third-order valence-corrected chi connectivity index (χ3v) is 5.15. The SMILES string of the molecule is COc1ccccc1N1CCN(c2nc(C)cc(NCc3ccccc3)n2)CC1. The van der Waals surface area contributed by atoms with Gasteiger partial charge in [0.1, 0.15) is 11.6 Å². The van der Waals surface area contributed by atoms with Crippen LogP contribution in [0.1, 0.15) is 11.3 Å². The fraction of sp³-hybridized carbons (Fsp3) is 0.304. The molecule has 1 saturated heterocycles. The van der Waals surface area contributed by atoms with Crippen molar-refractivity contribution in [1.82, 2.24) is 9.97 Å². The van der Waals surface area contributed by atoms with Crippen molar-refractivity contribution in [3.05, 3.63) is 71.9 Å². The molecule has 0 unspecified atom stereocenters. The Kier molecular flexibility index (Phi) is 5.79. The van der Waals surface area contributed by atoms with Gasteiger partial charge < -0.3 is 19.9 Å². The molecule has 1 aliphatic rings. The summed E-state index contributed by atoms with van der Waals surface area (Å²) < 4.78 is 5.52. The Labute approximate surface area is 172 Å². The van der Waals surface area contributed by atoms with Gasteiger partial charge in [0.05, 0.1) is 12.8 Å². The number of nitrogens with one attached hydrogen (secondary N) is 1. The maximum Gasteiger partial charge on any atom is 0.227 e. The molecule has 1 N–H and O–H groups in total. The molecule has 0 radical (unpaired) electrons. The van der Waals surface area contributed by atoms with E-state index in [1.165, 1.54) is 5.56 Å². The second kappa shape index (κ2) is 8.82. The van der Waals surface area contributed by atoms with Gasteiger partial charge in [-0.1, -0.05) is 42.5 Å². The molecular weight excluding hydrogens is 362 g/mol. The average molecular weight is 390 g/mol. The summed E-state index contributed by atoms with van der Waals surface area (Å²) in [6.45, 7) is 6.33. The van der Waals surface area contributed by atoms with E-state index in [0.717, 1.165) is 61.6 Å². The van der Waals surface area contributed by atoms with Gasteiger partial charge in [0, 0.05) is 44.5 Å². The fourth-order valence-electron chi connectivity index (χ4n) is 3.61. The first kappa shape index (κ1) is 19.1. The third kappa shape index (κ3) is 4.59. The lowest BCUT2D eigenvalue weighted by Gasteiger charge is -2.36. The van der Waals surface area contributed by atoms with E-state index in [1.54, 1.807) is 7.11 Å². The number of nitrogens with zero attached hydrogens (tertiary/aromatic N) is 4. The molecule has 0 atom stereocenters. The summed E-state index contributed by atoms with van der Waals surface area (Å²) >= 11 is 0. The van der Waals surface area contributed by atoms with Crippen molar-refractivity contribution in [2.45, 2.75) is 13.5 Å². The highest BCUT2D eigenvalue weighted by molar-refractivity contribution is 5.59. The first-order valence-electron chi connectivity index (χ1n) is 9.99. The van der Waals surface area contributed by atoms with Gasteiger partial charge in [-0.3, -0.25) is 0 Å². The maximum atomic E-state index is 5.52. The normalized spacial score (nSPS) is 14.0. The second-order valence-corrected chi connectivity index (χ2v) is 7.18. The van der Waals surface area contributed by atoms with E-state index in [4.69, 9.17) is 9.72 Å². The van der Waals surface area contributed by atoms with Crippen LogP contribution in [0.4, 0.5) is 17.5 Å². The number of para-hydroxylation sites is 2. The molecule has 0 aliphatic carbocycles. The predicted octanol–water partition coefficient (Wildman–Crippen LogP) is 3.73. The largest absolute Gasteiger partial charge is 0.495 e. The van der Waals surface area contributed by atoms with Crippen LogP contribution in [-0.2, 0) is 6.54 Å². The molecular formula is C23H27N5O. The fourth-order valence-corrected chi connectivity index (χ4v) is 3.61. The summed E-state index contributed by atoms with van der Waals surface area (Å²) in [5, 5.41) is 3.43. The number of rotatable bonds is 6. The van der Waals surface area contributed by atoms with Gasteiger partial charge in [-0.05, 0) is 24.6 Å². The zero-order valence-electron chi connectivity index (χ0n) is 17.0. The number of benzene rings is 2. The van der Waals surface area contributed by atoms with Crippen LogP contribution in [0.2, 0.25) is 0 Å². The molecule has 6 nitrogen and oxygen atoms in total. The van der Waals surface area contributed by atoms with Crippen LogP contribution in [0, 0.1) is 6.92 Å². The van der Waals surface area contributed by atoms with Crippen LogP contribution in [0.15, 0.2) is 60.7 Å². The standard InChI is InChI=1S/C23H27N5O/c1-18-16-22(24-17-19-8-4-3-5-9-19)26-23(25-18)28-14-12-27(13-15-28)20-10-6-7-11-21(20)29-2/h3-11,16H,12-15,17H2,1-2H3,(H,24,25,26). The minimum atomic E-state index is 0.748. The lowest BCUT2D eigenvalue weighted by Crippen LogP contribution is -2.47. The highest BCUT2D eigenvalue weighted by Gasteiger charge is 2.21. The lowest BCUT2D eigenvalue weighted by atomic mass is 10.2. The van der Waals surface area contributed by atoms with Gasteiger partial charge in [-0.25, -0.2) is 4.98 Å². The minimum Gasteiger partial charge on any atom is -0.495 e. The number of hydrogen-bond donors (Lipinski definition) is 1. The van der Waals surface area contributed by atoms with E-state index >= 15 is 0 Å². The van der Waals surface area contributed by atoms with Crippen molar-refractivity contribution in [2.24, 2.45) is 0 Å². The van der Waals surface area contributed by atoms with E-state index in [-0.39, 0.29) is 0 Å². The zero-order valence-corrected chi connectivity index (χ0v) is 17.0. The van der Waals surface area contributed by atoms with Crippen molar-refractivity contribution in [3.8, 4) is 5.75 Å². The van der Waals surface area contributed by atoms with E-state index < -0.39 is 0 Å². The van der Waals surface area contributed by atoms with Crippen molar-refractivity contribution in [3.63, 3.8) is 0 Å². The number of aromatic nitrogens is 2. The quantitative estimate of drug-likeness (QED) is 0.693. The maximum absolute atomic E-state index is 5.52. The summed E-state index contributed by atoms with van der Waals surface area (Å²) in [5.41, 5.74) is 3.35. The molecule has 3 aromatic rings. The summed E-state index contributed by atoms with van der Waals surface area (Å²) in [5.74, 6) is 2.57. The Hall–Kier alpha value is -3.28. The zero-order chi connectivity index (χ0) is 20.1. The van der Waals surface area contributed by atoms with Gasteiger partial charge >= 0.3 is 0 Å². The molecule has 1 aliphatic heterocycles. The van der Waals surface area contributed by atoms with Gasteiger partial charge in [-0.2, -0.15) is 4.98 Å². The monoisotopic (exact) mass is 389 g/mol. The summed E-state index contributed by atoms with van der Waals surface area (Å²) in [6, 6.07) is 20.5. The molecule has 4 rings (SSSR count). The number of aryl methyl sites for hydroxylation is 1. The number of anilines is 3. The summed E-state index contributed by atoms with van der Waals surface area (Å²) in [7, 11) is 1.72. The molecule has 0 spiro atoms. The van der Waals surface area contributed by atoms with Crippen LogP contribution < -0.4 is 19.9 Å². The highest BCUT2D eigenvalue weighted by Crippen LogP contribution is 2.29. The number of ether oxygens (including phenoxy) is 1. The Morgan fingerprint density at radius 2 is 1.59 bits per heavy atom. The van der Waals surface area contributed by atoms with Gasteiger partial charge in [-0.15, -0.1) is 0 Å².